The maximum atomic E-state index is 13.5. The lowest BCUT2D eigenvalue weighted by Crippen LogP contribution is -2.43. The van der Waals surface area contributed by atoms with Crippen LogP contribution in [-0.2, 0) is 9.53 Å². The third-order valence-corrected chi connectivity index (χ3v) is 4.03. The van der Waals surface area contributed by atoms with Crippen LogP contribution in [0.1, 0.15) is 16.8 Å². The van der Waals surface area contributed by atoms with Crippen LogP contribution >= 0.6 is 23.2 Å². The number of nitrogens with two attached hydrogens (primary N) is 1. The van der Waals surface area contributed by atoms with Crippen LogP contribution in [-0.4, -0.2) is 42.5 Å². The molecule has 0 aromatic heterocycles. The fraction of sp³-hybridized carbons (Fsp3) is 0.385. The molecular formula is C13H13Cl2FN2O3. The summed E-state index contributed by atoms with van der Waals surface area (Å²) in [4.78, 5) is 25.2. The molecule has 0 bridgehead atoms. The second-order valence-electron chi connectivity index (χ2n) is 4.72. The van der Waals surface area contributed by atoms with Crippen LogP contribution in [0, 0.1) is 5.82 Å². The van der Waals surface area contributed by atoms with Gasteiger partial charge in [-0.3, -0.25) is 9.59 Å². The fourth-order valence-electron chi connectivity index (χ4n) is 2.30. The average Bonchev–Trinajstić information content (AvgIpc) is 2.86. The van der Waals surface area contributed by atoms with E-state index in [0.717, 1.165) is 12.1 Å². The van der Waals surface area contributed by atoms with Gasteiger partial charge in [0.15, 0.2) is 0 Å². The Labute approximate surface area is 130 Å². The number of methoxy groups -OCH3 is 1. The highest BCUT2D eigenvalue weighted by Gasteiger charge is 2.39. The van der Waals surface area contributed by atoms with Crippen molar-refractivity contribution in [2.75, 3.05) is 13.7 Å². The summed E-state index contributed by atoms with van der Waals surface area (Å²) in [6.45, 7) is 0.184. The number of benzene rings is 1. The summed E-state index contributed by atoms with van der Waals surface area (Å²) in [7, 11) is 1.48. The predicted molar refractivity (Wildman–Crippen MR) is 75.9 cm³/mol. The van der Waals surface area contributed by atoms with E-state index in [4.69, 9.17) is 33.7 Å². The first-order valence-corrected chi connectivity index (χ1v) is 6.88. The lowest BCUT2D eigenvalue weighted by Gasteiger charge is -2.22. The molecule has 0 unspecified atom stereocenters. The van der Waals surface area contributed by atoms with Gasteiger partial charge in [-0.15, -0.1) is 0 Å². The summed E-state index contributed by atoms with van der Waals surface area (Å²) in [5.41, 5.74) is 5.23. The van der Waals surface area contributed by atoms with Gasteiger partial charge in [0.1, 0.15) is 11.9 Å². The van der Waals surface area contributed by atoms with Crippen LogP contribution in [0.25, 0.3) is 0 Å². The van der Waals surface area contributed by atoms with Crippen LogP contribution in [0.5, 0.6) is 0 Å². The lowest BCUT2D eigenvalue weighted by atomic mass is 10.1. The molecule has 0 spiro atoms. The van der Waals surface area contributed by atoms with E-state index in [0.29, 0.717) is 6.42 Å². The third kappa shape index (κ3) is 3.12. The predicted octanol–water partition coefficient (Wildman–Crippen LogP) is 1.85. The Bertz CT molecular complexity index is 597. The molecule has 0 saturated carbocycles. The minimum atomic E-state index is -0.808. The standard InChI is InChI=1S/C13H13Cl2FN2O3/c1-21-6-2-11(12(17)19)18(5-6)13(20)7-3-10(16)9(15)4-8(7)14/h3-4,6,11H,2,5H2,1H3,(H2,17,19)/t6-,11-/m0/s1. The minimum Gasteiger partial charge on any atom is -0.380 e. The van der Waals surface area contributed by atoms with Crippen molar-refractivity contribution in [3.05, 3.63) is 33.6 Å². The number of nitrogens with zero attached hydrogens (tertiary/aromatic N) is 1. The zero-order valence-electron chi connectivity index (χ0n) is 11.1. The first-order valence-electron chi connectivity index (χ1n) is 6.12. The molecule has 21 heavy (non-hydrogen) atoms. The Kier molecular flexibility index (Phi) is 4.70. The summed E-state index contributed by atoms with van der Waals surface area (Å²) in [6.07, 6.45) is -0.00647. The largest absolute Gasteiger partial charge is 0.380 e. The molecule has 8 heteroatoms. The zero-order chi connectivity index (χ0) is 15.7. The summed E-state index contributed by atoms with van der Waals surface area (Å²) < 4.78 is 18.7. The molecule has 0 radical (unpaired) electrons. The van der Waals surface area contributed by atoms with Crippen molar-refractivity contribution in [2.45, 2.75) is 18.6 Å². The SMILES string of the molecule is CO[C@H]1C[C@@H](C(N)=O)N(C(=O)c2cc(F)c(Cl)cc2Cl)C1. The van der Waals surface area contributed by atoms with E-state index in [1.54, 1.807) is 0 Å². The monoisotopic (exact) mass is 334 g/mol. The van der Waals surface area contributed by atoms with Crippen LogP contribution in [0.4, 0.5) is 4.39 Å². The molecule has 1 fully saturated rings. The van der Waals surface area contributed by atoms with E-state index in [1.807, 2.05) is 0 Å². The Morgan fingerprint density at radius 2 is 2.05 bits per heavy atom. The number of likely N-dealkylation sites (tertiary alicyclic amines) is 1. The van der Waals surface area contributed by atoms with Crippen molar-refractivity contribution in [1.29, 1.82) is 0 Å². The number of ether oxygens (including phenoxy) is 1. The van der Waals surface area contributed by atoms with E-state index >= 15 is 0 Å². The van der Waals surface area contributed by atoms with Gasteiger partial charge in [0.05, 0.1) is 21.7 Å². The number of amides is 2. The zero-order valence-corrected chi connectivity index (χ0v) is 12.6. The highest BCUT2D eigenvalue weighted by Crippen LogP contribution is 2.28. The van der Waals surface area contributed by atoms with E-state index < -0.39 is 23.7 Å². The molecule has 1 aliphatic heterocycles. The Hall–Kier alpha value is -1.37. The molecule has 1 saturated heterocycles. The molecule has 2 amide bonds. The van der Waals surface area contributed by atoms with Gasteiger partial charge < -0.3 is 15.4 Å². The molecular weight excluding hydrogens is 322 g/mol. The number of hydrogen-bond donors (Lipinski definition) is 1. The van der Waals surface area contributed by atoms with Crippen LogP contribution < -0.4 is 5.73 Å². The first-order chi connectivity index (χ1) is 9.85. The number of carbonyl (C=O) groups excluding carboxylic acids is 2. The molecule has 0 aliphatic carbocycles. The molecule has 1 aromatic carbocycles. The number of halogens is 3. The molecule has 1 aromatic rings. The summed E-state index contributed by atoms with van der Waals surface area (Å²) in [6, 6.07) is 1.29. The van der Waals surface area contributed by atoms with Crippen LogP contribution in [0.15, 0.2) is 12.1 Å². The van der Waals surface area contributed by atoms with E-state index in [-0.39, 0.29) is 28.3 Å². The highest BCUT2D eigenvalue weighted by atomic mass is 35.5. The summed E-state index contributed by atoms with van der Waals surface area (Å²) in [5.74, 6) is -1.99. The van der Waals surface area contributed by atoms with Gasteiger partial charge in [0.2, 0.25) is 5.91 Å². The van der Waals surface area contributed by atoms with Crippen LogP contribution in [0.2, 0.25) is 10.0 Å². The smallest absolute Gasteiger partial charge is 0.256 e. The summed E-state index contributed by atoms with van der Waals surface area (Å²) in [5, 5.41) is -0.172. The number of hydrogen-bond acceptors (Lipinski definition) is 3. The van der Waals surface area contributed by atoms with E-state index in [1.165, 1.54) is 12.0 Å². The number of carbonyl (C=O) groups is 2. The Morgan fingerprint density at radius 1 is 1.38 bits per heavy atom. The second kappa shape index (κ2) is 6.17. The van der Waals surface area contributed by atoms with Gasteiger partial charge in [0.25, 0.3) is 5.91 Å². The van der Waals surface area contributed by atoms with Gasteiger partial charge >= 0.3 is 0 Å². The lowest BCUT2D eigenvalue weighted by molar-refractivity contribution is -0.121. The molecule has 2 N–H and O–H groups in total. The minimum absolute atomic E-state index is 0.00971. The maximum Gasteiger partial charge on any atom is 0.256 e. The van der Waals surface area contributed by atoms with Crippen molar-refractivity contribution in [3.63, 3.8) is 0 Å². The molecule has 1 heterocycles. The van der Waals surface area contributed by atoms with Crippen LogP contribution in [0.3, 0.4) is 0 Å². The van der Waals surface area contributed by atoms with Gasteiger partial charge in [-0.1, -0.05) is 23.2 Å². The quantitative estimate of drug-likeness (QED) is 0.857. The molecule has 114 valence electrons. The van der Waals surface area contributed by atoms with Crippen molar-refractivity contribution in [2.24, 2.45) is 5.73 Å². The number of primary amides is 1. The van der Waals surface area contributed by atoms with Crippen molar-refractivity contribution >= 4 is 35.0 Å². The third-order valence-electron chi connectivity index (χ3n) is 3.43. The molecule has 5 nitrogen and oxygen atoms in total. The van der Waals surface area contributed by atoms with Gasteiger partial charge in [0, 0.05) is 20.1 Å². The van der Waals surface area contributed by atoms with Crippen molar-refractivity contribution in [1.82, 2.24) is 4.90 Å². The van der Waals surface area contributed by atoms with Gasteiger partial charge in [-0.05, 0) is 12.1 Å². The molecule has 1 aliphatic rings. The van der Waals surface area contributed by atoms with Crippen molar-refractivity contribution < 1.29 is 18.7 Å². The van der Waals surface area contributed by atoms with Crippen molar-refractivity contribution in [3.8, 4) is 0 Å². The highest BCUT2D eigenvalue weighted by molar-refractivity contribution is 6.36. The van der Waals surface area contributed by atoms with Gasteiger partial charge in [-0.25, -0.2) is 4.39 Å². The van der Waals surface area contributed by atoms with E-state index in [9.17, 15) is 14.0 Å². The summed E-state index contributed by atoms with van der Waals surface area (Å²) >= 11 is 11.5. The normalized spacial score (nSPS) is 21.6. The molecule has 2 rings (SSSR count). The van der Waals surface area contributed by atoms with E-state index in [2.05, 4.69) is 0 Å². The molecule has 2 atom stereocenters. The maximum absolute atomic E-state index is 13.5. The fourth-order valence-corrected chi connectivity index (χ4v) is 2.77. The number of rotatable bonds is 3. The first kappa shape index (κ1) is 16.0. The average molecular weight is 335 g/mol. The topological polar surface area (TPSA) is 72.6 Å². The Morgan fingerprint density at radius 3 is 2.62 bits per heavy atom. The van der Waals surface area contributed by atoms with Gasteiger partial charge in [-0.2, -0.15) is 0 Å². The second-order valence-corrected chi connectivity index (χ2v) is 5.53. The Balaban J connectivity index is 2.34.